The molecule has 1 heterocycles. The molecule has 1 saturated heterocycles. The van der Waals surface area contributed by atoms with Crippen LogP contribution in [0.15, 0.2) is 35.3 Å². The Bertz CT molecular complexity index is 1490. The van der Waals surface area contributed by atoms with Crippen molar-refractivity contribution in [3.05, 3.63) is 35.9 Å². The summed E-state index contributed by atoms with van der Waals surface area (Å²) in [6, 6.07) is 2.44. The molecule has 7 atom stereocenters. The molecule has 19 heteroatoms. The Morgan fingerprint density at radius 2 is 1.57 bits per heavy atom. The largest absolute Gasteiger partial charge is 0.480 e. The molecule has 13 N–H and O–H groups in total. The zero-order valence-corrected chi connectivity index (χ0v) is 31.2. The molecule has 6 amide bonds. The van der Waals surface area contributed by atoms with Crippen LogP contribution in [-0.2, 0) is 40.0 Å². The van der Waals surface area contributed by atoms with E-state index in [-0.39, 0.29) is 57.1 Å². The van der Waals surface area contributed by atoms with Crippen LogP contribution in [0.3, 0.4) is 0 Å². The fourth-order valence-electron chi connectivity index (χ4n) is 5.81. The number of nitrogens with zero attached hydrogens (tertiary/aromatic N) is 2. The fraction of sp³-hybridized carbons (Fsp3) is 0.600. The van der Waals surface area contributed by atoms with Crippen LogP contribution < -0.4 is 43.8 Å². The number of rotatable bonds is 21. The van der Waals surface area contributed by atoms with E-state index in [0.717, 1.165) is 5.56 Å². The Kier molecular flexibility index (Phi) is 18.3. The Morgan fingerprint density at radius 3 is 2.17 bits per heavy atom. The number of aliphatic hydroxyl groups is 1. The smallest absolute Gasteiger partial charge is 0.328 e. The lowest BCUT2D eigenvalue weighted by atomic mass is 10.0. The van der Waals surface area contributed by atoms with Crippen LogP contribution in [0.5, 0.6) is 0 Å². The maximum Gasteiger partial charge on any atom is 0.328 e. The highest BCUT2D eigenvalue weighted by molar-refractivity contribution is 5.96. The van der Waals surface area contributed by atoms with Crippen molar-refractivity contribution in [2.24, 2.45) is 28.1 Å². The van der Waals surface area contributed by atoms with Gasteiger partial charge in [-0.3, -0.25) is 33.8 Å². The predicted molar refractivity (Wildman–Crippen MR) is 198 cm³/mol. The van der Waals surface area contributed by atoms with Gasteiger partial charge in [0.25, 0.3) is 0 Å². The summed E-state index contributed by atoms with van der Waals surface area (Å²) in [5.41, 5.74) is 17.8. The molecule has 0 aromatic heterocycles. The number of carbonyl (C=O) groups is 7. The molecule has 1 aromatic carbocycles. The Balaban J connectivity index is 2.09. The quantitative estimate of drug-likeness (QED) is 0.0345. The van der Waals surface area contributed by atoms with E-state index in [4.69, 9.17) is 17.2 Å². The van der Waals surface area contributed by atoms with Gasteiger partial charge >= 0.3 is 5.97 Å². The predicted octanol–water partition coefficient (Wildman–Crippen LogP) is -2.81. The van der Waals surface area contributed by atoms with E-state index in [1.54, 1.807) is 0 Å². The van der Waals surface area contributed by atoms with Gasteiger partial charge in [-0.15, -0.1) is 0 Å². The number of aliphatic hydroxyl groups excluding tert-OH is 1. The number of hydrogen-bond donors (Lipinski definition) is 10. The molecular formula is C35H56N10O9. The van der Waals surface area contributed by atoms with Crippen LogP contribution in [0, 0.1) is 5.92 Å². The van der Waals surface area contributed by atoms with Gasteiger partial charge in [-0.2, -0.15) is 0 Å². The molecule has 2 rings (SSSR count). The average Bonchev–Trinajstić information content (AvgIpc) is 3.60. The second-order valence-electron chi connectivity index (χ2n) is 13.8. The monoisotopic (exact) mass is 760 g/mol. The first-order valence-corrected chi connectivity index (χ1v) is 18.0. The molecule has 19 nitrogen and oxygen atoms in total. The fourth-order valence-corrected chi connectivity index (χ4v) is 5.81. The van der Waals surface area contributed by atoms with Gasteiger partial charge in [0.15, 0.2) is 12.0 Å². The highest BCUT2D eigenvalue weighted by Crippen LogP contribution is 2.19. The van der Waals surface area contributed by atoms with E-state index in [1.165, 1.54) is 18.7 Å². The highest BCUT2D eigenvalue weighted by Gasteiger charge is 2.38. The number of aliphatic carboxylic acids is 1. The van der Waals surface area contributed by atoms with Crippen LogP contribution in [0.1, 0.15) is 65.4 Å². The molecule has 1 aromatic rings. The molecule has 0 bridgehead atoms. The first-order chi connectivity index (χ1) is 25.4. The van der Waals surface area contributed by atoms with Crippen molar-refractivity contribution in [3.8, 4) is 0 Å². The summed E-state index contributed by atoms with van der Waals surface area (Å²) in [5, 5.41) is 31.3. The van der Waals surface area contributed by atoms with Gasteiger partial charge < -0.3 is 58.9 Å². The number of amides is 6. The minimum absolute atomic E-state index is 0.00829. The molecule has 0 spiro atoms. The normalized spacial score (nSPS) is 17.2. The van der Waals surface area contributed by atoms with Gasteiger partial charge in [-0.05, 0) is 63.9 Å². The van der Waals surface area contributed by atoms with Crippen LogP contribution in [0.2, 0.25) is 0 Å². The van der Waals surface area contributed by atoms with Crippen molar-refractivity contribution in [1.29, 1.82) is 0 Å². The SMILES string of the molecule is CC(C)CC(NC(=O)C(N)Cc1ccccc1)C(=O)NC(C)C(=O)N1CCCC1C(=O)NC(CCCN=C(N)N)C(=O)NCC(=O)NC(C(=O)O)C(C)O. The number of benzene rings is 1. The lowest BCUT2D eigenvalue weighted by molar-refractivity contribution is -0.144. The summed E-state index contributed by atoms with van der Waals surface area (Å²) in [5.74, 6) is -5.60. The highest BCUT2D eigenvalue weighted by atomic mass is 16.4. The van der Waals surface area contributed by atoms with Crippen LogP contribution in [0.25, 0.3) is 0 Å². The number of hydrogen-bond acceptors (Lipinski definition) is 10. The van der Waals surface area contributed by atoms with Crippen molar-refractivity contribution in [2.75, 3.05) is 19.6 Å². The first-order valence-electron chi connectivity index (χ1n) is 18.0. The van der Waals surface area contributed by atoms with Gasteiger partial charge in [0.2, 0.25) is 35.4 Å². The molecular weight excluding hydrogens is 704 g/mol. The van der Waals surface area contributed by atoms with E-state index >= 15 is 0 Å². The number of nitrogens with one attached hydrogen (secondary N) is 5. The summed E-state index contributed by atoms with van der Waals surface area (Å²) in [4.78, 5) is 95.5. The Hall–Kier alpha value is -5.30. The van der Waals surface area contributed by atoms with Crippen LogP contribution in [-0.4, -0.2) is 124 Å². The van der Waals surface area contributed by atoms with Crippen molar-refractivity contribution in [3.63, 3.8) is 0 Å². The third-order valence-electron chi connectivity index (χ3n) is 8.61. The van der Waals surface area contributed by atoms with Crippen molar-refractivity contribution in [1.82, 2.24) is 31.5 Å². The number of nitrogens with two attached hydrogens (primary N) is 3. The van der Waals surface area contributed by atoms with Crippen LogP contribution in [0.4, 0.5) is 0 Å². The number of aliphatic imine (C=N–C) groups is 1. The molecule has 1 aliphatic rings. The number of guanidine groups is 1. The van der Waals surface area contributed by atoms with Crippen molar-refractivity contribution in [2.45, 2.75) is 109 Å². The summed E-state index contributed by atoms with van der Waals surface area (Å²) >= 11 is 0. The first kappa shape index (κ1) is 44.9. The second kappa shape index (κ2) is 22.0. The van der Waals surface area contributed by atoms with Gasteiger partial charge in [-0.1, -0.05) is 44.2 Å². The zero-order valence-electron chi connectivity index (χ0n) is 31.2. The van der Waals surface area contributed by atoms with Gasteiger partial charge in [0.05, 0.1) is 18.7 Å². The standard InChI is InChI=1S/C35H56N10O9/c1-19(2)16-25(43-29(48)23(36)17-22-10-6-5-7-11-22)31(50)41-20(3)33(52)45-15-9-13-26(45)32(51)42-24(12-8-14-39-35(37)38)30(49)40-18-27(47)44-28(21(4)46)34(53)54/h5-7,10-11,19-21,23-26,28,46H,8-9,12-18,36H2,1-4H3,(H,40,49)(H,41,50)(H,42,51)(H,43,48)(H,44,47)(H,53,54)(H4,37,38,39). The van der Waals surface area contributed by atoms with Gasteiger partial charge in [0.1, 0.15) is 24.2 Å². The lowest BCUT2D eigenvalue weighted by Gasteiger charge is -2.29. The summed E-state index contributed by atoms with van der Waals surface area (Å²) in [6.45, 7) is 6.09. The Labute approximate surface area is 314 Å². The maximum absolute atomic E-state index is 13.6. The molecule has 1 fully saturated rings. The second-order valence-corrected chi connectivity index (χ2v) is 13.8. The maximum atomic E-state index is 13.6. The van der Waals surface area contributed by atoms with E-state index in [1.807, 2.05) is 44.2 Å². The number of carboxylic acids is 1. The number of carboxylic acid groups (broad SMARTS) is 1. The number of carbonyl (C=O) groups excluding carboxylic acids is 6. The van der Waals surface area contributed by atoms with E-state index in [9.17, 15) is 43.8 Å². The Morgan fingerprint density at radius 1 is 0.907 bits per heavy atom. The molecule has 0 saturated carbocycles. The molecule has 1 aliphatic heterocycles. The molecule has 7 unspecified atom stereocenters. The van der Waals surface area contributed by atoms with E-state index in [2.05, 4.69) is 31.6 Å². The minimum Gasteiger partial charge on any atom is -0.480 e. The summed E-state index contributed by atoms with van der Waals surface area (Å²) in [7, 11) is 0. The molecule has 54 heavy (non-hydrogen) atoms. The van der Waals surface area contributed by atoms with Crippen LogP contribution >= 0.6 is 0 Å². The third kappa shape index (κ3) is 15.0. The lowest BCUT2D eigenvalue weighted by Crippen LogP contribution is -2.58. The van der Waals surface area contributed by atoms with Gasteiger partial charge in [-0.25, -0.2) is 4.79 Å². The zero-order chi connectivity index (χ0) is 40.5. The molecule has 0 radical (unpaired) electrons. The van der Waals surface area contributed by atoms with E-state index in [0.29, 0.717) is 6.42 Å². The topological polar surface area (TPSA) is 314 Å². The number of likely N-dealkylation sites (tertiary alicyclic amines) is 1. The van der Waals surface area contributed by atoms with Crippen molar-refractivity contribution < 1.29 is 43.8 Å². The molecule has 300 valence electrons. The summed E-state index contributed by atoms with van der Waals surface area (Å²) < 4.78 is 0. The van der Waals surface area contributed by atoms with E-state index < -0.39 is 90.3 Å². The summed E-state index contributed by atoms with van der Waals surface area (Å²) in [6.07, 6.45) is 0.144. The van der Waals surface area contributed by atoms with Crippen molar-refractivity contribution >= 4 is 47.4 Å². The van der Waals surface area contributed by atoms with Gasteiger partial charge in [0, 0.05) is 13.1 Å². The minimum atomic E-state index is -1.61. The molecule has 0 aliphatic carbocycles. The average molecular weight is 761 g/mol. The third-order valence-corrected chi connectivity index (χ3v) is 8.61.